The molecule has 8 heteroatoms. The van der Waals surface area contributed by atoms with Gasteiger partial charge < -0.3 is 0 Å². The Hall–Kier alpha value is -2.35. The highest BCUT2D eigenvalue weighted by Gasteiger charge is 2.14. The van der Waals surface area contributed by atoms with Crippen molar-refractivity contribution < 1.29 is 4.92 Å². The Morgan fingerprint density at radius 2 is 2.25 bits per heavy atom. The molecule has 0 bridgehead atoms. The van der Waals surface area contributed by atoms with Crippen LogP contribution in [0.3, 0.4) is 0 Å². The van der Waals surface area contributed by atoms with E-state index in [1.54, 1.807) is 16.6 Å². The molecule has 3 aromatic rings. The molecular formula is C12H11N5O2S. The van der Waals surface area contributed by atoms with Gasteiger partial charge in [0.05, 0.1) is 4.92 Å². The van der Waals surface area contributed by atoms with Gasteiger partial charge in [0.2, 0.25) is 4.96 Å². The van der Waals surface area contributed by atoms with E-state index in [0.29, 0.717) is 9.97 Å². The van der Waals surface area contributed by atoms with Gasteiger partial charge >= 0.3 is 0 Å². The Bertz CT molecular complexity index is 779. The molecule has 0 radical (unpaired) electrons. The number of fused-ring (bicyclic) bond motifs is 1. The zero-order valence-electron chi connectivity index (χ0n) is 10.7. The molecule has 0 saturated heterocycles. The van der Waals surface area contributed by atoms with E-state index >= 15 is 0 Å². The lowest BCUT2D eigenvalue weighted by molar-refractivity contribution is -0.384. The molecule has 0 atom stereocenters. The van der Waals surface area contributed by atoms with Gasteiger partial charge in [0.15, 0.2) is 5.82 Å². The third-order valence-electron chi connectivity index (χ3n) is 2.83. The number of hydrogen-bond donors (Lipinski definition) is 0. The van der Waals surface area contributed by atoms with Gasteiger partial charge in [0, 0.05) is 24.1 Å². The van der Waals surface area contributed by atoms with Crippen LogP contribution in [-0.2, 0) is 6.42 Å². The first-order valence-corrected chi connectivity index (χ1v) is 6.96. The molecule has 0 fully saturated rings. The minimum atomic E-state index is -0.410. The lowest BCUT2D eigenvalue weighted by Crippen LogP contribution is -1.95. The van der Waals surface area contributed by atoms with Crippen molar-refractivity contribution in [1.82, 2.24) is 19.8 Å². The molecule has 0 saturated carbocycles. The first-order chi connectivity index (χ1) is 9.69. The van der Waals surface area contributed by atoms with E-state index in [0.717, 1.165) is 24.2 Å². The molecule has 0 spiro atoms. The molecule has 2 heterocycles. The van der Waals surface area contributed by atoms with Crippen LogP contribution in [0.4, 0.5) is 5.69 Å². The minimum Gasteiger partial charge on any atom is -0.258 e. The van der Waals surface area contributed by atoms with Crippen LogP contribution in [0, 0.1) is 10.1 Å². The fourth-order valence-corrected chi connectivity index (χ4v) is 2.76. The minimum absolute atomic E-state index is 0.0576. The fraction of sp³-hybridized carbons (Fsp3) is 0.250. The summed E-state index contributed by atoms with van der Waals surface area (Å²) in [6, 6.07) is 6.44. The van der Waals surface area contributed by atoms with Crippen molar-refractivity contribution in [3.8, 4) is 10.6 Å². The third-order valence-corrected chi connectivity index (χ3v) is 3.78. The van der Waals surface area contributed by atoms with Gasteiger partial charge in [-0.05, 0) is 6.42 Å². The first-order valence-electron chi connectivity index (χ1n) is 6.15. The molecule has 3 rings (SSSR count). The maximum Gasteiger partial charge on any atom is 0.270 e. The summed E-state index contributed by atoms with van der Waals surface area (Å²) in [5.41, 5.74) is 0.777. The number of benzene rings is 1. The predicted octanol–water partition coefficient (Wildman–Crippen LogP) is 2.71. The zero-order chi connectivity index (χ0) is 14.1. The Morgan fingerprint density at radius 1 is 1.40 bits per heavy atom. The number of nitro benzene ring substituents is 1. The van der Waals surface area contributed by atoms with Crippen molar-refractivity contribution in [3.63, 3.8) is 0 Å². The SMILES string of the molecule is CCCc1nnc2sc(-c3cccc([N+](=O)[O-])c3)nn12. The number of aryl methyl sites for hydroxylation is 1. The topological polar surface area (TPSA) is 86.2 Å². The second-order valence-electron chi connectivity index (χ2n) is 4.28. The average molecular weight is 289 g/mol. The molecule has 0 aliphatic heterocycles. The third kappa shape index (κ3) is 2.14. The van der Waals surface area contributed by atoms with Gasteiger partial charge in [-0.2, -0.15) is 9.61 Å². The van der Waals surface area contributed by atoms with Crippen molar-refractivity contribution in [2.75, 3.05) is 0 Å². The molecule has 0 amide bonds. The smallest absolute Gasteiger partial charge is 0.258 e. The van der Waals surface area contributed by atoms with Crippen LogP contribution in [0.1, 0.15) is 19.2 Å². The van der Waals surface area contributed by atoms with E-state index in [9.17, 15) is 10.1 Å². The molecule has 0 aliphatic carbocycles. The monoisotopic (exact) mass is 289 g/mol. The van der Waals surface area contributed by atoms with Gasteiger partial charge in [-0.3, -0.25) is 10.1 Å². The van der Waals surface area contributed by atoms with Gasteiger partial charge in [-0.25, -0.2) is 0 Å². The molecule has 1 aromatic carbocycles. The highest BCUT2D eigenvalue weighted by Crippen LogP contribution is 2.28. The van der Waals surface area contributed by atoms with E-state index in [1.165, 1.54) is 23.5 Å². The Labute approximate surface area is 118 Å². The largest absolute Gasteiger partial charge is 0.270 e. The van der Waals surface area contributed by atoms with Crippen LogP contribution in [0.5, 0.6) is 0 Å². The summed E-state index contributed by atoms with van der Waals surface area (Å²) in [6.07, 6.45) is 1.77. The van der Waals surface area contributed by atoms with Crippen LogP contribution in [0.2, 0.25) is 0 Å². The summed E-state index contributed by atoms with van der Waals surface area (Å²) < 4.78 is 1.71. The van der Waals surface area contributed by atoms with Crippen LogP contribution in [0.25, 0.3) is 15.5 Å². The number of non-ortho nitro benzene ring substituents is 1. The molecule has 0 unspecified atom stereocenters. The Balaban J connectivity index is 2.05. The Morgan fingerprint density at radius 3 is 3.00 bits per heavy atom. The highest BCUT2D eigenvalue weighted by molar-refractivity contribution is 7.19. The standard InChI is InChI=1S/C12H11N5O2S/c1-2-4-10-13-14-12-16(10)15-11(20-12)8-5-3-6-9(7-8)17(18)19/h3,5-7H,2,4H2,1H3. The highest BCUT2D eigenvalue weighted by atomic mass is 32.1. The molecule has 0 aliphatic rings. The first kappa shape index (κ1) is 12.7. The molecule has 102 valence electrons. The van der Waals surface area contributed by atoms with Gasteiger partial charge in [-0.15, -0.1) is 10.2 Å². The van der Waals surface area contributed by atoms with Crippen molar-refractivity contribution in [3.05, 3.63) is 40.2 Å². The summed E-state index contributed by atoms with van der Waals surface area (Å²) >= 11 is 1.37. The lowest BCUT2D eigenvalue weighted by Gasteiger charge is -1.96. The summed E-state index contributed by atoms with van der Waals surface area (Å²) in [7, 11) is 0. The van der Waals surface area contributed by atoms with Crippen LogP contribution < -0.4 is 0 Å². The van der Waals surface area contributed by atoms with E-state index in [2.05, 4.69) is 22.2 Å². The van der Waals surface area contributed by atoms with E-state index in [4.69, 9.17) is 0 Å². The van der Waals surface area contributed by atoms with Crippen molar-refractivity contribution in [2.24, 2.45) is 0 Å². The second kappa shape index (κ2) is 4.97. The number of nitrogens with zero attached hydrogens (tertiary/aromatic N) is 5. The lowest BCUT2D eigenvalue weighted by atomic mass is 10.2. The fourth-order valence-electron chi connectivity index (χ4n) is 1.91. The van der Waals surface area contributed by atoms with E-state index < -0.39 is 4.92 Å². The van der Waals surface area contributed by atoms with Crippen molar-refractivity contribution in [1.29, 1.82) is 0 Å². The van der Waals surface area contributed by atoms with Gasteiger partial charge in [-0.1, -0.05) is 30.4 Å². The quantitative estimate of drug-likeness (QED) is 0.544. The molecular weight excluding hydrogens is 278 g/mol. The van der Waals surface area contributed by atoms with E-state index in [1.807, 2.05) is 0 Å². The molecule has 0 N–H and O–H groups in total. The van der Waals surface area contributed by atoms with Crippen LogP contribution in [0.15, 0.2) is 24.3 Å². The van der Waals surface area contributed by atoms with E-state index in [-0.39, 0.29) is 5.69 Å². The second-order valence-corrected chi connectivity index (χ2v) is 5.23. The summed E-state index contributed by atoms with van der Waals surface area (Å²) in [4.78, 5) is 11.1. The van der Waals surface area contributed by atoms with Gasteiger partial charge in [0.25, 0.3) is 5.69 Å². The normalized spacial score (nSPS) is 11.1. The number of rotatable bonds is 4. The summed E-state index contributed by atoms with van der Waals surface area (Å²) in [6.45, 7) is 2.06. The Kier molecular flexibility index (Phi) is 3.15. The zero-order valence-corrected chi connectivity index (χ0v) is 11.5. The number of hydrogen-bond acceptors (Lipinski definition) is 6. The van der Waals surface area contributed by atoms with Crippen LogP contribution >= 0.6 is 11.3 Å². The number of nitro groups is 1. The van der Waals surface area contributed by atoms with Crippen molar-refractivity contribution >= 4 is 22.0 Å². The molecule has 2 aromatic heterocycles. The number of aromatic nitrogens is 4. The molecule has 7 nitrogen and oxygen atoms in total. The molecule has 20 heavy (non-hydrogen) atoms. The van der Waals surface area contributed by atoms with Crippen molar-refractivity contribution in [2.45, 2.75) is 19.8 Å². The maximum absolute atomic E-state index is 10.8. The maximum atomic E-state index is 10.8. The average Bonchev–Trinajstić information content (AvgIpc) is 3.01. The summed E-state index contributed by atoms with van der Waals surface area (Å²) in [5.74, 6) is 0.815. The van der Waals surface area contributed by atoms with Gasteiger partial charge in [0.1, 0.15) is 5.01 Å². The predicted molar refractivity (Wildman–Crippen MR) is 74.7 cm³/mol. The van der Waals surface area contributed by atoms with Crippen LogP contribution in [-0.4, -0.2) is 24.7 Å². The summed E-state index contributed by atoms with van der Waals surface area (Å²) in [5, 5.41) is 24.1.